The van der Waals surface area contributed by atoms with E-state index in [1.54, 1.807) is 0 Å². The van der Waals surface area contributed by atoms with Gasteiger partial charge in [0.1, 0.15) is 12.1 Å². The molecule has 0 aromatic heterocycles. The second-order valence-electron chi connectivity index (χ2n) is 12.3. The van der Waals surface area contributed by atoms with Crippen LogP contribution in [0.25, 0.3) is 0 Å². The van der Waals surface area contributed by atoms with Crippen molar-refractivity contribution in [3.8, 4) is 0 Å². The Morgan fingerprint density at radius 3 is 1.69 bits per heavy atom. The standard InChI is InChI=1S/C40H66N2O7/c1-3-5-7-9-10-11-12-13-14-15-16-17-18-19-20-22-28-32-39(46)49-35(29-25-21-8-6-4-2)30-26-23-24-27-31-37(44)41-33-38(45)42-36(34-43)40(47)48/h5,7,10-11,13-14,16-17,19-20,35-36,43H,3-4,6,8-9,12,15,18,21-34H2,1-2H3,(H,41,44)(H,42,45)(H,47,48)/b7-5-,11-10-,14-13-,17-16-,20-19-. The molecule has 0 aliphatic carbocycles. The fourth-order valence-corrected chi connectivity index (χ4v) is 4.92. The molecule has 0 saturated carbocycles. The Balaban J connectivity index is 4.23. The molecule has 2 unspecified atom stereocenters. The third-order valence-corrected chi connectivity index (χ3v) is 7.78. The Kier molecular flexibility index (Phi) is 32.0. The van der Waals surface area contributed by atoms with Crippen LogP contribution in [0.4, 0.5) is 0 Å². The van der Waals surface area contributed by atoms with Crippen LogP contribution in [0.15, 0.2) is 60.8 Å². The van der Waals surface area contributed by atoms with Crippen LogP contribution in [0.2, 0.25) is 0 Å². The van der Waals surface area contributed by atoms with Gasteiger partial charge in [-0.1, -0.05) is 113 Å². The van der Waals surface area contributed by atoms with Gasteiger partial charge in [-0.25, -0.2) is 4.79 Å². The van der Waals surface area contributed by atoms with Gasteiger partial charge in [0.15, 0.2) is 0 Å². The summed E-state index contributed by atoms with van der Waals surface area (Å²) in [4.78, 5) is 47.2. The van der Waals surface area contributed by atoms with E-state index in [4.69, 9.17) is 14.9 Å². The zero-order chi connectivity index (χ0) is 36.2. The summed E-state index contributed by atoms with van der Waals surface area (Å²) in [7, 11) is 0. The van der Waals surface area contributed by atoms with E-state index in [1.165, 1.54) is 19.3 Å². The molecule has 0 aromatic carbocycles. The Bertz CT molecular complexity index is 1020. The fraction of sp³-hybridized carbons (Fsp3) is 0.650. The smallest absolute Gasteiger partial charge is 0.328 e. The lowest BCUT2D eigenvalue weighted by molar-refractivity contribution is -0.150. The van der Waals surface area contributed by atoms with Crippen LogP contribution >= 0.6 is 0 Å². The lowest BCUT2D eigenvalue weighted by Crippen LogP contribution is -2.47. The monoisotopic (exact) mass is 686 g/mol. The molecule has 49 heavy (non-hydrogen) atoms. The molecule has 0 aliphatic rings. The fourth-order valence-electron chi connectivity index (χ4n) is 4.92. The molecular formula is C40H66N2O7. The maximum Gasteiger partial charge on any atom is 0.328 e. The highest BCUT2D eigenvalue weighted by Crippen LogP contribution is 2.17. The second-order valence-corrected chi connectivity index (χ2v) is 12.3. The maximum atomic E-state index is 12.6. The topological polar surface area (TPSA) is 142 Å². The molecular weight excluding hydrogens is 620 g/mol. The van der Waals surface area contributed by atoms with E-state index in [-0.39, 0.29) is 30.9 Å². The summed E-state index contributed by atoms with van der Waals surface area (Å²) in [6, 6.07) is -1.39. The Morgan fingerprint density at radius 2 is 1.16 bits per heavy atom. The molecule has 0 spiro atoms. The Labute approximate surface area is 296 Å². The van der Waals surface area contributed by atoms with E-state index >= 15 is 0 Å². The number of ether oxygens (including phenoxy) is 1. The highest BCUT2D eigenvalue weighted by atomic mass is 16.5. The number of unbranched alkanes of at least 4 members (excludes halogenated alkanes) is 8. The number of carboxylic acid groups (broad SMARTS) is 1. The van der Waals surface area contributed by atoms with Crippen molar-refractivity contribution in [2.75, 3.05) is 13.2 Å². The van der Waals surface area contributed by atoms with Crippen LogP contribution in [0.3, 0.4) is 0 Å². The van der Waals surface area contributed by atoms with E-state index in [0.717, 1.165) is 89.9 Å². The van der Waals surface area contributed by atoms with Crippen LogP contribution in [-0.4, -0.2) is 59.3 Å². The van der Waals surface area contributed by atoms with Crippen LogP contribution in [0.5, 0.6) is 0 Å². The summed E-state index contributed by atoms with van der Waals surface area (Å²) in [6.45, 7) is 3.28. The number of hydrogen-bond acceptors (Lipinski definition) is 6. The van der Waals surface area contributed by atoms with Crippen molar-refractivity contribution >= 4 is 23.8 Å². The van der Waals surface area contributed by atoms with Gasteiger partial charge in [-0.15, -0.1) is 0 Å². The average Bonchev–Trinajstić information content (AvgIpc) is 3.08. The van der Waals surface area contributed by atoms with Gasteiger partial charge in [-0.3, -0.25) is 14.4 Å². The van der Waals surface area contributed by atoms with Crippen LogP contribution in [-0.2, 0) is 23.9 Å². The van der Waals surface area contributed by atoms with Gasteiger partial charge in [0.25, 0.3) is 0 Å². The Morgan fingerprint density at radius 1 is 0.633 bits per heavy atom. The van der Waals surface area contributed by atoms with Crippen LogP contribution in [0.1, 0.15) is 142 Å². The van der Waals surface area contributed by atoms with Gasteiger partial charge in [-0.05, 0) is 77.0 Å². The summed E-state index contributed by atoms with van der Waals surface area (Å²) in [5, 5.41) is 22.4. The van der Waals surface area contributed by atoms with Gasteiger partial charge in [0, 0.05) is 12.8 Å². The number of carbonyl (C=O) groups is 4. The van der Waals surface area contributed by atoms with Crippen molar-refractivity contribution in [3.63, 3.8) is 0 Å². The zero-order valence-corrected chi connectivity index (χ0v) is 30.4. The molecule has 278 valence electrons. The van der Waals surface area contributed by atoms with Crippen molar-refractivity contribution in [2.45, 2.75) is 154 Å². The molecule has 0 fully saturated rings. The minimum Gasteiger partial charge on any atom is -0.480 e. The SMILES string of the molecule is CC/C=C\C/C=C\C/C=C\C/C=C\C/C=C\CCCC(=O)OC(CCCCCCC)CCCCCCC(=O)NCC(=O)NC(CO)C(=O)O. The first-order valence-corrected chi connectivity index (χ1v) is 18.7. The summed E-state index contributed by atoms with van der Waals surface area (Å²) in [5.74, 6) is -2.41. The van der Waals surface area contributed by atoms with E-state index in [2.05, 4.69) is 85.2 Å². The molecule has 9 nitrogen and oxygen atoms in total. The number of allylic oxidation sites excluding steroid dienone is 10. The first-order valence-electron chi connectivity index (χ1n) is 18.7. The minimum atomic E-state index is -1.39. The Hall–Kier alpha value is -3.46. The number of aliphatic carboxylic acids is 1. The number of rotatable bonds is 32. The van der Waals surface area contributed by atoms with Gasteiger partial charge >= 0.3 is 11.9 Å². The number of carbonyl (C=O) groups excluding carboxylic acids is 3. The number of aliphatic hydroxyl groups excluding tert-OH is 1. The highest BCUT2D eigenvalue weighted by molar-refractivity contribution is 5.87. The molecule has 0 bridgehead atoms. The molecule has 4 N–H and O–H groups in total. The quantitative estimate of drug-likeness (QED) is 0.0318. The van der Waals surface area contributed by atoms with E-state index in [1.807, 2.05) is 0 Å². The van der Waals surface area contributed by atoms with Gasteiger partial charge in [-0.2, -0.15) is 0 Å². The number of esters is 1. The number of carboxylic acids is 1. The van der Waals surface area contributed by atoms with E-state index < -0.39 is 24.5 Å². The summed E-state index contributed by atoms with van der Waals surface area (Å²) in [6.07, 6.45) is 39.8. The molecule has 0 rings (SSSR count). The lowest BCUT2D eigenvalue weighted by Gasteiger charge is -2.18. The third-order valence-electron chi connectivity index (χ3n) is 7.78. The lowest BCUT2D eigenvalue weighted by atomic mass is 10.0. The van der Waals surface area contributed by atoms with Crippen molar-refractivity contribution < 1.29 is 34.1 Å². The number of hydrogen-bond donors (Lipinski definition) is 4. The molecule has 0 heterocycles. The number of amides is 2. The van der Waals surface area contributed by atoms with E-state index in [0.29, 0.717) is 12.8 Å². The van der Waals surface area contributed by atoms with E-state index in [9.17, 15) is 19.2 Å². The highest BCUT2D eigenvalue weighted by Gasteiger charge is 2.19. The minimum absolute atomic E-state index is 0.0711. The van der Waals surface area contributed by atoms with Gasteiger partial charge in [0.05, 0.1) is 13.2 Å². The molecule has 9 heteroatoms. The first kappa shape index (κ1) is 45.5. The summed E-state index contributed by atoms with van der Waals surface area (Å²) >= 11 is 0. The van der Waals surface area contributed by atoms with Crippen molar-refractivity contribution in [2.24, 2.45) is 0 Å². The first-order chi connectivity index (χ1) is 23.8. The normalized spacial score (nSPS) is 13.2. The molecule has 0 saturated heterocycles. The summed E-state index contributed by atoms with van der Waals surface area (Å²) < 4.78 is 5.89. The molecule has 2 atom stereocenters. The average molecular weight is 687 g/mol. The second kappa shape index (κ2) is 34.4. The van der Waals surface area contributed by atoms with Gasteiger partial charge < -0.3 is 25.6 Å². The van der Waals surface area contributed by atoms with Crippen molar-refractivity contribution in [3.05, 3.63) is 60.8 Å². The van der Waals surface area contributed by atoms with Crippen molar-refractivity contribution in [1.82, 2.24) is 10.6 Å². The zero-order valence-electron chi connectivity index (χ0n) is 30.4. The largest absolute Gasteiger partial charge is 0.480 e. The van der Waals surface area contributed by atoms with Crippen molar-refractivity contribution in [1.29, 1.82) is 0 Å². The molecule has 0 radical (unpaired) electrons. The molecule has 2 amide bonds. The van der Waals surface area contributed by atoms with Gasteiger partial charge in [0.2, 0.25) is 11.8 Å². The van der Waals surface area contributed by atoms with Crippen LogP contribution < -0.4 is 10.6 Å². The predicted molar refractivity (Wildman–Crippen MR) is 199 cm³/mol. The molecule has 0 aromatic rings. The predicted octanol–water partition coefficient (Wildman–Crippen LogP) is 8.20. The van der Waals surface area contributed by atoms with Crippen LogP contribution in [0, 0.1) is 0 Å². The third kappa shape index (κ3) is 31.6. The molecule has 0 aliphatic heterocycles. The number of aliphatic hydroxyl groups is 1. The number of nitrogens with one attached hydrogen (secondary N) is 2. The maximum absolute atomic E-state index is 12.6. The summed E-state index contributed by atoms with van der Waals surface area (Å²) in [5.41, 5.74) is 0.